The van der Waals surface area contributed by atoms with Gasteiger partial charge in [-0.05, 0) is 30.9 Å². The second-order valence-corrected chi connectivity index (χ2v) is 6.68. The van der Waals surface area contributed by atoms with Gasteiger partial charge in [0, 0.05) is 4.83 Å². The minimum atomic E-state index is -3.56. The Kier molecular flexibility index (Phi) is 3.66. The van der Waals surface area contributed by atoms with Crippen LogP contribution in [0, 0.1) is 5.92 Å². The van der Waals surface area contributed by atoms with Gasteiger partial charge in [0.05, 0.1) is 11.5 Å². The fraction of sp³-hybridized carbons (Fsp3) is 0.455. The first kappa shape index (κ1) is 12.1. The van der Waals surface area contributed by atoms with Crippen molar-refractivity contribution in [1.29, 1.82) is 0 Å². The molecule has 0 spiro atoms. The summed E-state index contributed by atoms with van der Waals surface area (Å²) in [6.07, 6.45) is 1.91. The normalized spacial score (nSPS) is 24.3. The highest BCUT2D eigenvalue weighted by Crippen LogP contribution is 2.40. The van der Waals surface area contributed by atoms with Gasteiger partial charge in [-0.25, -0.2) is 0 Å². The van der Waals surface area contributed by atoms with Crippen molar-refractivity contribution >= 4 is 26.0 Å². The molecular weight excluding hydrogens is 292 g/mol. The van der Waals surface area contributed by atoms with E-state index in [-0.39, 0.29) is 11.5 Å². The molecule has 1 aliphatic carbocycles. The molecule has 1 aliphatic rings. The Morgan fingerprint density at radius 3 is 2.50 bits per heavy atom. The molecule has 88 valence electrons. The molecule has 0 heterocycles. The fourth-order valence-corrected chi connectivity index (χ4v) is 3.16. The first-order valence-corrected chi connectivity index (χ1v) is 7.50. The Morgan fingerprint density at radius 2 is 1.94 bits per heavy atom. The van der Waals surface area contributed by atoms with Crippen molar-refractivity contribution < 1.29 is 12.6 Å². The molecule has 3 nitrogen and oxygen atoms in total. The number of halogens is 1. The average molecular weight is 305 g/mol. The molecule has 0 radical (unpaired) electrons. The standard InChI is InChI=1S/C11H13BrO3S/c12-11-8-9(11)6-7-15-16(13,14)10-4-2-1-3-5-10/h1-5,9,11H,6-8H2. The summed E-state index contributed by atoms with van der Waals surface area (Å²) in [6.45, 7) is 0.268. The molecule has 1 aromatic rings. The fourth-order valence-electron chi connectivity index (χ4n) is 1.47. The van der Waals surface area contributed by atoms with Gasteiger partial charge in [0.15, 0.2) is 0 Å². The second kappa shape index (κ2) is 4.85. The monoisotopic (exact) mass is 304 g/mol. The van der Waals surface area contributed by atoms with Gasteiger partial charge in [0.2, 0.25) is 0 Å². The zero-order valence-corrected chi connectivity index (χ0v) is 11.1. The molecule has 5 heteroatoms. The summed E-state index contributed by atoms with van der Waals surface area (Å²) >= 11 is 3.47. The maximum atomic E-state index is 11.7. The van der Waals surface area contributed by atoms with Crippen LogP contribution < -0.4 is 0 Å². The maximum absolute atomic E-state index is 11.7. The molecule has 16 heavy (non-hydrogen) atoms. The van der Waals surface area contributed by atoms with Crippen LogP contribution in [0.3, 0.4) is 0 Å². The Hall–Kier alpha value is -0.390. The minimum absolute atomic E-state index is 0.223. The molecule has 0 bridgehead atoms. The summed E-state index contributed by atoms with van der Waals surface area (Å²) in [6, 6.07) is 8.23. The Morgan fingerprint density at radius 1 is 1.31 bits per heavy atom. The highest BCUT2D eigenvalue weighted by Gasteiger charge is 2.34. The van der Waals surface area contributed by atoms with E-state index in [4.69, 9.17) is 4.18 Å². The van der Waals surface area contributed by atoms with Gasteiger partial charge in [0.25, 0.3) is 10.1 Å². The predicted octanol–water partition coefficient (Wildman–Crippen LogP) is 2.57. The highest BCUT2D eigenvalue weighted by atomic mass is 79.9. The molecule has 2 rings (SSSR count). The van der Waals surface area contributed by atoms with E-state index in [9.17, 15) is 8.42 Å². The summed E-state index contributed by atoms with van der Waals surface area (Å²) in [5, 5.41) is 0. The number of rotatable bonds is 5. The third-order valence-electron chi connectivity index (χ3n) is 2.60. The lowest BCUT2D eigenvalue weighted by Crippen LogP contribution is -2.08. The van der Waals surface area contributed by atoms with Crippen molar-refractivity contribution in [2.75, 3.05) is 6.61 Å². The predicted molar refractivity (Wildman–Crippen MR) is 65.0 cm³/mol. The highest BCUT2D eigenvalue weighted by molar-refractivity contribution is 9.09. The van der Waals surface area contributed by atoms with E-state index in [1.54, 1.807) is 30.3 Å². The van der Waals surface area contributed by atoms with E-state index in [1.165, 1.54) is 0 Å². The Balaban J connectivity index is 1.88. The van der Waals surface area contributed by atoms with E-state index in [0.29, 0.717) is 10.7 Å². The van der Waals surface area contributed by atoms with E-state index < -0.39 is 10.1 Å². The van der Waals surface area contributed by atoms with Crippen molar-refractivity contribution in [3.05, 3.63) is 30.3 Å². The van der Waals surface area contributed by atoms with Crippen LogP contribution in [0.25, 0.3) is 0 Å². The first-order valence-electron chi connectivity index (χ1n) is 5.18. The third kappa shape index (κ3) is 3.06. The van der Waals surface area contributed by atoms with Crippen molar-refractivity contribution in [1.82, 2.24) is 0 Å². The third-order valence-corrected chi connectivity index (χ3v) is 5.04. The quantitative estimate of drug-likeness (QED) is 0.620. The summed E-state index contributed by atoms with van der Waals surface area (Å²) in [5.41, 5.74) is 0. The second-order valence-electron chi connectivity index (χ2n) is 3.89. The zero-order chi connectivity index (χ0) is 11.6. The zero-order valence-electron chi connectivity index (χ0n) is 8.67. The largest absolute Gasteiger partial charge is 0.296 e. The topological polar surface area (TPSA) is 43.4 Å². The summed E-state index contributed by atoms with van der Waals surface area (Å²) < 4.78 is 28.3. The van der Waals surface area contributed by atoms with Crippen LogP contribution in [0.15, 0.2) is 35.2 Å². The Bertz CT molecular complexity index is 444. The Labute approximate surface area is 104 Å². The van der Waals surface area contributed by atoms with Gasteiger partial charge in [0.1, 0.15) is 0 Å². The van der Waals surface area contributed by atoms with Gasteiger partial charge in [-0.1, -0.05) is 34.1 Å². The first-order chi connectivity index (χ1) is 7.59. The molecule has 1 aromatic carbocycles. The van der Waals surface area contributed by atoms with Crippen molar-refractivity contribution in [3.8, 4) is 0 Å². The average Bonchev–Trinajstić information content (AvgIpc) is 2.96. The van der Waals surface area contributed by atoms with E-state index >= 15 is 0 Å². The van der Waals surface area contributed by atoms with Gasteiger partial charge < -0.3 is 0 Å². The van der Waals surface area contributed by atoms with Crippen molar-refractivity contribution in [3.63, 3.8) is 0 Å². The molecule has 0 aliphatic heterocycles. The van der Waals surface area contributed by atoms with Gasteiger partial charge >= 0.3 is 0 Å². The van der Waals surface area contributed by atoms with Gasteiger partial charge in [-0.15, -0.1) is 0 Å². The van der Waals surface area contributed by atoms with Crippen LogP contribution in [0.1, 0.15) is 12.8 Å². The molecule has 2 atom stereocenters. The molecule has 2 unspecified atom stereocenters. The summed E-state index contributed by atoms with van der Waals surface area (Å²) in [4.78, 5) is 0.775. The molecular formula is C11H13BrO3S. The van der Waals surface area contributed by atoms with E-state index in [2.05, 4.69) is 15.9 Å². The van der Waals surface area contributed by atoms with Crippen LogP contribution in [0.4, 0.5) is 0 Å². The molecule has 0 N–H and O–H groups in total. The lowest BCUT2D eigenvalue weighted by Gasteiger charge is -2.04. The summed E-state index contributed by atoms with van der Waals surface area (Å²) in [7, 11) is -3.56. The number of alkyl halides is 1. The van der Waals surface area contributed by atoms with Crippen LogP contribution in [-0.2, 0) is 14.3 Å². The molecule has 0 amide bonds. The molecule has 0 saturated heterocycles. The van der Waals surface area contributed by atoms with Crippen LogP contribution in [0.5, 0.6) is 0 Å². The SMILES string of the molecule is O=S(=O)(OCCC1CC1Br)c1ccccc1. The van der Waals surface area contributed by atoms with E-state index in [1.807, 2.05) is 0 Å². The van der Waals surface area contributed by atoms with E-state index in [0.717, 1.165) is 12.8 Å². The number of benzene rings is 1. The molecule has 1 fully saturated rings. The molecule has 1 saturated carbocycles. The van der Waals surface area contributed by atoms with Crippen LogP contribution in [0.2, 0.25) is 0 Å². The molecule has 0 aromatic heterocycles. The van der Waals surface area contributed by atoms with Gasteiger partial charge in [-0.3, -0.25) is 4.18 Å². The van der Waals surface area contributed by atoms with Gasteiger partial charge in [-0.2, -0.15) is 8.42 Å². The summed E-state index contributed by atoms with van der Waals surface area (Å²) in [5.74, 6) is 0.575. The number of hydrogen-bond acceptors (Lipinski definition) is 3. The smallest absolute Gasteiger partial charge is 0.266 e. The minimum Gasteiger partial charge on any atom is -0.266 e. The lowest BCUT2D eigenvalue weighted by molar-refractivity contribution is 0.305. The van der Waals surface area contributed by atoms with Crippen molar-refractivity contribution in [2.24, 2.45) is 5.92 Å². The maximum Gasteiger partial charge on any atom is 0.296 e. The van der Waals surface area contributed by atoms with Crippen molar-refractivity contribution in [2.45, 2.75) is 22.6 Å². The number of hydrogen-bond donors (Lipinski definition) is 0. The van der Waals surface area contributed by atoms with Crippen LogP contribution >= 0.6 is 15.9 Å². The van der Waals surface area contributed by atoms with Crippen LogP contribution in [-0.4, -0.2) is 19.9 Å². The lowest BCUT2D eigenvalue weighted by atomic mass is 10.3.